The molecule has 0 aliphatic rings. The number of fused-ring (bicyclic) bond motifs is 1. The van der Waals surface area contributed by atoms with E-state index in [0.29, 0.717) is 17.2 Å². The van der Waals surface area contributed by atoms with Crippen molar-refractivity contribution in [3.8, 4) is 11.5 Å². The summed E-state index contributed by atoms with van der Waals surface area (Å²) in [5, 5.41) is 16.6. The monoisotopic (exact) mass is 446 g/mol. The van der Waals surface area contributed by atoms with E-state index < -0.39 is 10.8 Å². The lowest BCUT2D eigenvalue weighted by molar-refractivity contribution is -0.385. The Kier molecular flexibility index (Phi) is 5.65. The van der Waals surface area contributed by atoms with E-state index in [1.54, 1.807) is 6.07 Å². The van der Waals surface area contributed by atoms with Crippen LogP contribution in [0, 0.1) is 24.0 Å². The Balaban J connectivity index is 1.55. The molecular weight excluding hydrogens is 428 g/mol. The third-order valence-corrected chi connectivity index (χ3v) is 5.05. The molecule has 0 aliphatic heterocycles. The molecule has 0 saturated carbocycles. The number of carbonyl (C=O) groups is 1. The summed E-state index contributed by atoms with van der Waals surface area (Å²) >= 11 is 5.26. The van der Waals surface area contributed by atoms with Gasteiger partial charge in [-0.3, -0.25) is 20.2 Å². The fourth-order valence-electron chi connectivity index (χ4n) is 3.20. The summed E-state index contributed by atoms with van der Waals surface area (Å²) in [6.07, 6.45) is 0. The molecule has 32 heavy (non-hydrogen) atoms. The number of rotatable bonds is 4. The number of nitro groups is 1. The summed E-state index contributed by atoms with van der Waals surface area (Å²) in [5.74, 6) is -0.207. The van der Waals surface area contributed by atoms with Crippen LogP contribution in [-0.2, 0) is 0 Å². The number of hydrogen-bond donors (Lipinski definition) is 2. The zero-order valence-electron chi connectivity index (χ0n) is 17.2. The first kappa shape index (κ1) is 21.1. The molecule has 0 aliphatic carbocycles. The summed E-state index contributed by atoms with van der Waals surface area (Å²) in [5.41, 5.74) is 4.43. The van der Waals surface area contributed by atoms with Crippen molar-refractivity contribution in [2.24, 2.45) is 0 Å². The third kappa shape index (κ3) is 4.33. The van der Waals surface area contributed by atoms with Crippen LogP contribution in [0.2, 0.25) is 0 Å². The fraction of sp³-hybridized carbons (Fsp3) is 0.0870. The number of thiocarbonyl (C=S) groups is 1. The molecule has 1 amide bonds. The van der Waals surface area contributed by atoms with Gasteiger partial charge in [-0.05, 0) is 67.5 Å². The van der Waals surface area contributed by atoms with Crippen molar-refractivity contribution in [1.29, 1.82) is 0 Å². The number of anilines is 1. The zero-order chi connectivity index (χ0) is 22.8. The van der Waals surface area contributed by atoms with Gasteiger partial charge in [0.2, 0.25) is 5.89 Å². The molecule has 0 saturated heterocycles. The molecular formula is C23H18N4O4S. The number of nitrogens with one attached hydrogen (secondary N) is 2. The maximum Gasteiger partial charge on any atom is 0.282 e. The van der Waals surface area contributed by atoms with E-state index in [0.717, 1.165) is 22.2 Å². The van der Waals surface area contributed by atoms with Crippen molar-refractivity contribution in [1.82, 2.24) is 10.3 Å². The molecule has 4 aromatic rings. The van der Waals surface area contributed by atoms with Gasteiger partial charge in [0.25, 0.3) is 11.6 Å². The number of amides is 1. The molecule has 0 radical (unpaired) electrons. The van der Waals surface area contributed by atoms with Crippen LogP contribution in [0.15, 0.2) is 65.1 Å². The molecule has 0 atom stereocenters. The van der Waals surface area contributed by atoms with E-state index in [1.807, 2.05) is 50.2 Å². The zero-order valence-corrected chi connectivity index (χ0v) is 18.0. The number of benzene rings is 3. The van der Waals surface area contributed by atoms with Gasteiger partial charge in [-0.1, -0.05) is 24.3 Å². The van der Waals surface area contributed by atoms with Gasteiger partial charge in [-0.15, -0.1) is 0 Å². The maximum absolute atomic E-state index is 12.5. The molecule has 0 bridgehead atoms. The maximum atomic E-state index is 12.5. The van der Waals surface area contributed by atoms with E-state index in [2.05, 4.69) is 15.6 Å². The largest absolute Gasteiger partial charge is 0.436 e. The van der Waals surface area contributed by atoms with Gasteiger partial charge >= 0.3 is 0 Å². The number of aromatic nitrogens is 1. The van der Waals surface area contributed by atoms with E-state index in [1.165, 1.54) is 18.2 Å². The average molecular weight is 446 g/mol. The smallest absolute Gasteiger partial charge is 0.282 e. The van der Waals surface area contributed by atoms with Crippen LogP contribution in [0.3, 0.4) is 0 Å². The van der Waals surface area contributed by atoms with Crippen molar-refractivity contribution in [3.63, 3.8) is 0 Å². The molecule has 160 valence electrons. The van der Waals surface area contributed by atoms with Crippen molar-refractivity contribution >= 4 is 45.7 Å². The molecule has 9 heteroatoms. The molecule has 4 rings (SSSR count). The lowest BCUT2D eigenvalue weighted by atomic mass is 10.1. The molecule has 0 fully saturated rings. The van der Waals surface area contributed by atoms with Crippen LogP contribution in [0.4, 0.5) is 11.4 Å². The minimum atomic E-state index is -0.669. The summed E-state index contributed by atoms with van der Waals surface area (Å²) in [7, 11) is 0. The average Bonchev–Trinajstić information content (AvgIpc) is 3.18. The van der Waals surface area contributed by atoms with Crippen LogP contribution >= 0.6 is 12.2 Å². The van der Waals surface area contributed by atoms with Crippen LogP contribution in [0.1, 0.15) is 21.5 Å². The van der Waals surface area contributed by atoms with Crippen molar-refractivity contribution in [2.75, 3.05) is 5.32 Å². The number of nitro benzene ring substituents is 1. The van der Waals surface area contributed by atoms with Crippen molar-refractivity contribution in [3.05, 3.63) is 87.5 Å². The number of aryl methyl sites for hydroxylation is 2. The second-order valence-corrected chi connectivity index (χ2v) is 7.61. The lowest BCUT2D eigenvalue weighted by Gasteiger charge is -2.12. The van der Waals surface area contributed by atoms with Gasteiger partial charge in [0.1, 0.15) is 11.1 Å². The summed E-state index contributed by atoms with van der Waals surface area (Å²) in [4.78, 5) is 27.6. The first-order valence-electron chi connectivity index (χ1n) is 9.66. The van der Waals surface area contributed by atoms with Crippen LogP contribution in [0.5, 0.6) is 0 Å². The Morgan fingerprint density at radius 2 is 1.88 bits per heavy atom. The van der Waals surface area contributed by atoms with Crippen LogP contribution in [-0.4, -0.2) is 20.9 Å². The lowest BCUT2D eigenvalue weighted by Crippen LogP contribution is -2.34. The molecule has 0 unspecified atom stereocenters. The fourth-order valence-corrected chi connectivity index (χ4v) is 3.40. The summed E-state index contributed by atoms with van der Waals surface area (Å²) in [6, 6.07) is 17.0. The topological polar surface area (TPSA) is 110 Å². The summed E-state index contributed by atoms with van der Waals surface area (Å²) in [6.45, 7) is 3.87. The van der Waals surface area contributed by atoms with Crippen LogP contribution < -0.4 is 10.6 Å². The van der Waals surface area contributed by atoms with E-state index in [-0.39, 0.29) is 16.4 Å². The number of para-hydroxylation sites is 1. The highest BCUT2D eigenvalue weighted by atomic mass is 32.1. The van der Waals surface area contributed by atoms with Crippen molar-refractivity contribution in [2.45, 2.75) is 13.8 Å². The van der Waals surface area contributed by atoms with Crippen LogP contribution in [0.25, 0.3) is 22.6 Å². The van der Waals surface area contributed by atoms with E-state index >= 15 is 0 Å². The first-order valence-corrected chi connectivity index (χ1v) is 10.1. The Morgan fingerprint density at radius 3 is 2.66 bits per heavy atom. The van der Waals surface area contributed by atoms with Gasteiger partial charge in [0.05, 0.1) is 4.92 Å². The first-order chi connectivity index (χ1) is 15.3. The highest BCUT2D eigenvalue weighted by molar-refractivity contribution is 7.80. The number of oxazole rings is 1. The number of hydrogen-bond acceptors (Lipinski definition) is 6. The van der Waals surface area contributed by atoms with Gasteiger partial charge in [0, 0.05) is 17.3 Å². The standard InChI is InChI=1S/C23H18N4O4S/c1-13-7-10-20-18(11-13)24-22(31-20)15-9-8-14(2)17(12-15)25-23(32)26-21(28)16-5-3-4-6-19(16)27(29)30/h3-12H,1-2H3,(H2,25,26,28,32). The van der Waals surface area contributed by atoms with Crippen molar-refractivity contribution < 1.29 is 14.1 Å². The third-order valence-electron chi connectivity index (χ3n) is 4.85. The molecule has 1 aromatic heterocycles. The SMILES string of the molecule is Cc1ccc2oc(-c3ccc(C)c(NC(=S)NC(=O)c4ccccc4[N+](=O)[O-])c3)nc2c1. The van der Waals surface area contributed by atoms with Gasteiger partial charge in [-0.2, -0.15) is 0 Å². The minimum Gasteiger partial charge on any atom is -0.436 e. The van der Waals surface area contributed by atoms with Gasteiger partial charge < -0.3 is 9.73 Å². The number of nitrogens with zero attached hydrogens (tertiary/aromatic N) is 2. The highest BCUT2D eigenvalue weighted by Gasteiger charge is 2.20. The molecule has 0 spiro atoms. The number of carbonyl (C=O) groups excluding carboxylic acids is 1. The molecule has 2 N–H and O–H groups in total. The minimum absolute atomic E-state index is 0.0154. The highest BCUT2D eigenvalue weighted by Crippen LogP contribution is 2.28. The second-order valence-electron chi connectivity index (χ2n) is 7.20. The predicted octanol–water partition coefficient (Wildman–Crippen LogP) is 5.15. The van der Waals surface area contributed by atoms with Gasteiger partial charge in [0.15, 0.2) is 10.7 Å². The summed E-state index contributed by atoms with van der Waals surface area (Å²) < 4.78 is 5.86. The Hall–Kier alpha value is -4.11. The molecule has 8 nitrogen and oxygen atoms in total. The Labute approximate surface area is 188 Å². The Bertz CT molecular complexity index is 1380. The molecule has 3 aromatic carbocycles. The normalized spacial score (nSPS) is 10.7. The predicted molar refractivity (Wildman–Crippen MR) is 126 cm³/mol. The quantitative estimate of drug-likeness (QED) is 0.253. The van der Waals surface area contributed by atoms with E-state index in [4.69, 9.17) is 16.6 Å². The second kappa shape index (κ2) is 8.56. The van der Waals surface area contributed by atoms with E-state index in [9.17, 15) is 14.9 Å². The molecule has 1 heterocycles. The van der Waals surface area contributed by atoms with Gasteiger partial charge in [-0.25, -0.2) is 4.98 Å². The Morgan fingerprint density at radius 1 is 1.09 bits per heavy atom.